The summed E-state index contributed by atoms with van der Waals surface area (Å²) in [4.78, 5) is 0. The third-order valence-electron chi connectivity index (χ3n) is 3.30. The van der Waals surface area contributed by atoms with E-state index in [0.717, 1.165) is 19.0 Å². The SMILES string of the molecule is CCNCC(=Cc1ccc(CC(C)C)cc1)C(C)C. The highest BCUT2D eigenvalue weighted by Gasteiger charge is 2.03. The summed E-state index contributed by atoms with van der Waals surface area (Å²) in [5, 5.41) is 3.42. The van der Waals surface area contributed by atoms with E-state index < -0.39 is 0 Å². The normalized spacial score (nSPS) is 12.5. The van der Waals surface area contributed by atoms with Crippen LogP contribution in [-0.2, 0) is 6.42 Å². The fourth-order valence-electron chi connectivity index (χ4n) is 2.13. The van der Waals surface area contributed by atoms with Crippen LogP contribution in [0.3, 0.4) is 0 Å². The highest BCUT2D eigenvalue weighted by atomic mass is 14.8. The maximum Gasteiger partial charge on any atom is 0.0170 e. The summed E-state index contributed by atoms with van der Waals surface area (Å²) in [6.07, 6.45) is 3.49. The van der Waals surface area contributed by atoms with Crippen LogP contribution in [0.15, 0.2) is 29.8 Å². The second-order valence-corrected chi connectivity index (χ2v) is 5.99. The third kappa shape index (κ3) is 6.07. The first-order valence-corrected chi connectivity index (χ1v) is 7.53. The van der Waals surface area contributed by atoms with Gasteiger partial charge in [0.05, 0.1) is 0 Å². The smallest absolute Gasteiger partial charge is 0.0170 e. The van der Waals surface area contributed by atoms with Crippen molar-refractivity contribution in [3.8, 4) is 0 Å². The summed E-state index contributed by atoms with van der Waals surface area (Å²) < 4.78 is 0. The first kappa shape index (κ1) is 16.0. The van der Waals surface area contributed by atoms with E-state index >= 15 is 0 Å². The molecule has 0 bridgehead atoms. The Kier molecular flexibility index (Phi) is 6.86. The highest BCUT2D eigenvalue weighted by Crippen LogP contribution is 2.16. The number of likely N-dealkylation sites (N-methyl/N-ethyl adjacent to an activating group) is 1. The van der Waals surface area contributed by atoms with Crippen molar-refractivity contribution >= 4 is 6.08 Å². The molecule has 1 aromatic rings. The molecule has 0 saturated heterocycles. The molecule has 0 atom stereocenters. The second kappa shape index (κ2) is 8.16. The van der Waals surface area contributed by atoms with E-state index in [-0.39, 0.29) is 0 Å². The van der Waals surface area contributed by atoms with Crippen molar-refractivity contribution in [1.29, 1.82) is 0 Å². The van der Waals surface area contributed by atoms with Gasteiger partial charge >= 0.3 is 0 Å². The van der Waals surface area contributed by atoms with Gasteiger partial charge in [-0.05, 0) is 35.9 Å². The van der Waals surface area contributed by atoms with Crippen LogP contribution < -0.4 is 5.32 Å². The van der Waals surface area contributed by atoms with E-state index in [1.807, 2.05) is 0 Å². The van der Waals surface area contributed by atoms with Gasteiger partial charge in [0.2, 0.25) is 0 Å². The van der Waals surface area contributed by atoms with E-state index in [4.69, 9.17) is 0 Å². The molecule has 1 N–H and O–H groups in total. The summed E-state index contributed by atoms with van der Waals surface area (Å²) in [7, 11) is 0. The average molecular weight is 259 g/mol. The first-order valence-electron chi connectivity index (χ1n) is 7.53. The van der Waals surface area contributed by atoms with Gasteiger partial charge in [-0.15, -0.1) is 0 Å². The number of hydrogen-bond donors (Lipinski definition) is 1. The van der Waals surface area contributed by atoms with Gasteiger partial charge in [0, 0.05) is 6.54 Å². The van der Waals surface area contributed by atoms with E-state index in [1.165, 1.54) is 23.1 Å². The Morgan fingerprint density at radius 2 is 1.74 bits per heavy atom. The summed E-state index contributed by atoms with van der Waals surface area (Å²) >= 11 is 0. The van der Waals surface area contributed by atoms with E-state index in [0.29, 0.717) is 5.92 Å². The van der Waals surface area contributed by atoms with Gasteiger partial charge < -0.3 is 5.32 Å². The molecular weight excluding hydrogens is 230 g/mol. The van der Waals surface area contributed by atoms with Gasteiger partial charge in [0.15, 0.2) is 0 Å². The lowest BCUT2D eigenvalue weighted by Crippen LogP contribution is -2.18. The Morgan fingerprint density at radius 1 is 1.11 bits per heavy atom. The molecule has 1 aromatic carbocycles. The van der Waals surface area contributed by atoms with Crippen molar-refractivity contribution in [2.24, 2.45) is 11.8 Å². The number of rotatable bonds is 7. The molecule has 0 fully saturated rings. The van der Waals surface area contributed by atoms with Crippen molar-refractivity contribution in [2.75, 3.05) is 13.1 Å². The van der Waals surface area contributed by atoms with Crippen LogP contribution in [0.1, 0.15) is 45.7 Å². The van der Waals surface area contributed by atoms with Gasteiger partial charge in [0.1, 0.15) is 0 Å². The summed E-state index contributed by atoms with van der Waals surface area (Å²) in [6, 6.07) is 9.01. The van der Waals surface area contributed by atoms with Crippen LogP contribution in [0.25, 0.3) is 6.08 Å². The Hall–Kier alpha value is -1.08. The molecule has 1 nitrogen and oxygen atoms in total. The quantitative estimate of drug-likeness (QED) is 0.758. The lowest BCUT2D eigenvalue weighted by Gasteiger charge is -2.12. The van der Waals surface area contributed by atoms with Crippen LogP contribution in [0.4, 0.5) is 0 Å². The Balaban J connectivity index is 2.77. The molecule has 0 amide bonds. The molecule has 0 aliphatic heterocycles. The second-order valence-electron chi connectivity index (χ2n) is 5.99. The highest BCUT2D eigenvalue weighted by molar-refractivity contribution is 5.54. The van der Waals surface area contributed by atoms with E-state index in [1.54, 1.807) is 0 Å². The minimum atomic E-state index is 0.592. The molecule has 106 valence electrons. The molecule has 0 unspecified atom stereocenters. The molecule has 0 radical (unpaired) electrons. The molecule has 0 heterocycles. The number of nitrogens with one attached hydrogen (secondary N) is 1. The Labute approximate surface area is 119 Å². The minimum Gasteiger partial charge on any atom is -0.313 e. The largest absolute Gasteiger partial charge is 0.313 e. The molecule has 0 aliphatic rings. The minimum absolute atomic E-state index is 0.592. The summed E-state index contributed by atoms with van der Waals surface area (Å²) in [5.74, 6) is 1.32. The first-order chi connectivity index (χ1) is 9.02. The van der Waals surface area contributed by atoms with Crippen molar-refractivity contribution in [3.63, 3.8) is 0 Å². The molecule has 1 heteroatoms. The van der Waals surface area contributed by atoms with E-state index in [2.05, 4.69) is 70.3 Å². The third-order valence-corrected chi connectivity index (χ3v) is 3.30. The molecule has 0 saturated carbocycles. The molecule has 0 aliphatic carbocycles. The van der Waals surface area contributed by atoms with E-state index in [9.17, 15) is 0 Å². The van der Waals surface area contributed by atoms with Gasteiger partial charge in [0.25, 0.3) is 0 Å². The molecule has 0 aromatic heterocycles. The molecular formula is C18H29N. The predicted octanol–water partition coefficient (Wildman–Crippen LogP) is 4.53. The average Bonchev–Trinajstić information content (AvgIpc) is 2.35. The van der Waals surface area contributed by atoms with Crippen molar-refractivity contribution < 1.29 is 0 Å². The monoisotopic (exact) mass is 259 g/mol. The fraction of sp³-hybridized carbons (Fsp3) is 0.556. The predicted molar refractivity (Wildman–Crippen MR) is 86.3 cm³/mol. The Morgan fingerprint density at radius 3 is 2.21 bits per heavy atom. The lowest BCUT2D eigenvalue weighted by atomic mass is 9.98. The van der Waals surface area contributed by atoms with Crippen molar-refractivity contribution in [1.82, 2.24) is 5.32 Å². The maximum atomic E-state index is 3.42. The van der Waals surface area contributed by atoms with Crippen LogP contribution in [0.5, 0.6) is 0 Å². The summed E-state index contributed by atoms with van der Waals surface area (Å²) in [6.45, 7) is 13.2. The van der Waals surface area contributed by atoms with Crippen LogP contribution in [0, 0.1) is 11.8 Å². The fourth-order valence-corrected chi connectivity index (χ4v) is 2.13. The summed E-state index contributed by atoms with van der Waals surface area (Å²) in [5.41, 5.74) is 4.22. The number of hydrogen-bond acceptors (Lipinski definition) is 1. The van der Waals surface area contributed by atoms with Crippen molar-refractivity contribution in [3.05, 3.63) is 41.0 Å². The topological polar surface area (TPSA) is 12.0 Å². The molecule has 0 spiro atoms. The van der Waals surface area contributed by atoms with Gasteiger partial charge in [-0.2, -0.15) is 0 Å². The zero-order valence-electron chi connectivity index (χ0n) is 13.2. The van der Waals surface area contributed by atoms with Crippen LogP contribution in [-0.4, -0.2) is 13.1 Å². The molecule has 19 heavy (non-hydrogen) atoms. The van der Waals surface area contributed by atoms with Gasteiger partial charge in [-0.25, -0.2) is 0 Å². The zero-order chi connectivity index (χ0) is 14.3. The maximum absolute atomic E-state index is 3.42. The standard InChI is InChI=1S/C18H29N/c1-6-19-13-18(15(4)5)12-17-9-7-16(8-10-17)11-14(2)3/h7-10,12,14-15,19H,6,11,13H2,1-5H3. The lowest BCUT2D eigenvalue weighted by molar-refractivity contribution is 0.647. The van der Waals surface area contributed by atoms with Crippen LogP contribution >= 0.6 is 0 Å². The van der Waals surface area contributed by atoms with Crippen molar-refractivity contribution in [2.45, 2.75) is 41.0 Å². The van der Waals surface area contributed by atoms with Gasteiger partial charge in [-0.1, -0.05) is 70.5 Å². The molecule has 1 rings (SSSR count). The zero-order valence-corrected chi connectivity index (χ0v) is 13.2. The Bertz CT molecular complexity index is 385. The van der Waals surface area contributed by atoms with Crippen LogP contribution in [0.2, 0.25) is 0 Å². The van der Waals surface area contributed by atoms with Gasteiger partial charge in [-0.3, -0.25) is 0 Å². The number of benzene rings is 1.